The van der Waals surface area contributed by atoms with Crippen molar-refractivity contribution in [3.05, 3.63) is 64.9 Å². The molecule has 0 spiro atoms. The van der Waals surface area contributed by atoms with Gasteiger partial charge in [-0.25, -0.2) is 5.43 Å². The van der Waals surface area contributed by atoms with Gasteiger partial charge < -0.3 is 12.4 Å². The third kappa shape index (κ3) is 5.11. The summed E-state index contributed by atoms with van der Waals surface area (Å²) in [4.78, 5) is 11.6. The number of hydrazone groups is 1. The molecule has 2 rings (SSSR count). The fourth-order valence-corrected chi connectivity index (χ4v) is 1.88. The summed E-state index contributed by atoms with van der Waals surface area (Å²) >= 11 is 3.41. The van der Waals surface area contributed by atoms with Crippen LogP contribution in [0, 0.1) is 0 Å². The molecule has 1 N–H and O–H groups in total. The van der Waals surface area contributed by atoms with E-state index in [4.69, 9.17) is 0 Å². The zero-order chi connectivity index (χ0) is 13.5. The predicted octanol–water partition coefficient (Wildman–Crippen LogP) is -1.11. The van der Waals surface area contributed by atoms with Gasteiger partial charge in [-0.1, -0.05) is 40.2 Å². The molecule has 0 fully saturated rings. The quantitative estimate of drug-likeness (QED) is 0.422. The van der Waals surface area contributed by atoms with Crippen molar-refractivity contribution in [1.29, 1.82) is 0 Å². The average Bonchev–Trinajstić information content (AvgIpc) is 2.42. The molecule has 0 saturated heterocycles. The number of aromatic nitrogens is 1. The summed E-state index contributed by atoms with van der Waals surface area (Å²) in [6, 6.07) is 13.3. The van der Waals surface area contributed by atoms with Gasteiger partial charge in [0.15, 0.2) is 12.4 Å². The monoisotopic (exact) mass is 353 g/mol. The van der Waals surface area contributed by atoms with Crippen molar-refractivity contribution < 1.29 is 21.8 Å². The zero-order valence-corrected chi connectivity index (χ0v) is 12.9. The second-order valence-electron chi connectivity index (χ2n) is 3.86. The van der Waals surface area contributed by atoms with Crippen molar-refractivity contribution in [2.45, 2.75) is 6.54 Å². The summed E-state index contributed by atoms with van der Waals surface area (Å²) in [6.45, 7) is 0.244. The molecule has 20 heavy (non-hydrogen) atoms. The van der Waals surface area contributed by atoms with Crippen LogP contribution < -0.4 is 22.4 Å². The van der Waals surface area contributed by atoms with Gasteiger partial charge in [-0.05, 0) is 6.07 Å². The van der Waals surface area contributed by atoms with Crippen LogP contribution in [0.5, 0.6) is 0 Å². The molecule has 0 aliphatic carbocycles. The lowest BCUT2D eigenvalue weighted by Gasteiger charge is -1.98. The van der Waals surface area contributed by atoms with E-state index in [1.54, 1.807) is 10.8 Å². The zero-order valence-electron chi connectivity index (χ0n) is 10.5. The second-order valence-corrected chi connectivity index (χ2v) is 4.72. The molecule has 0 saturated carbocycles. The molecule has 0 atom stereocenters. The van der Waals surface area contributed by atoms with Crippen molar-refractivity contribution in [3.63, 3.8) is 0 Å². The van der Waals surface area contributed by atoms with Crippen molar-refractivity contribution in [3.8, 4) is 0 Å². The number of benzene rings is 1. The Morgan fingerprint density at radius 1 is 1.20 bits per heavy atom. The summed E-state index contributed by atoms with van der Waals surface area (Å²) < 4.78 is 2.72. The number of rotatable bonds is 4. The van der Waals surface area contributed by atoms with Gasteiger partial charge in [0, 0.05) is 22.2 Å². The normalized spacial score (nSPS) is 10.1. The number of amides is 1. The molecule has 6 heteroatoms. The van der Waals surface area contributed by atoms with Crippen LogP contribution in [0.2, 0.25) is 0 Å². The molecule has 1 aromatic heterocycles. The number of nitrogens with zero attached hydrogens (tertiary/aromatic N) is 2. The maximum atomic E-state index is 11.6. The number of carbonyl (C=O) groups is 1. The number of nitrogens with one attached hydrogen (secondary N) is 1. The first kappa shape index (κ1) is 16.3. The van der Waals surface area contributed by atoms with Gasteiger partial charge in [-0.2, -0.15) is 9.67 Å². The van der Waals surface area contributed by atoms with E-state index in [1.165, 1.54) is 0 Å². The third-order valence-corrected chi connectivity index (χ3v) is 3.12. The Balaban J connectivity index is 0.00000200. The highest BCUT2D eigenvalue weighted by molar-refractivity contribution is 9.10. The SMILES string of the molecule is O=C(C[n+]1ccccc1)N/N=C/c1ccccc1Br.[Cl-]. The highest BCUT2D eigenvalue weighted by atomic mass is 79.9. The summed E-state index contributed by atoms with van der Waals surface area (Å²) in [7, 11) is 0. The van der Waals surface area contributed by atoms with E-state index in [0.717, 1.165) is 10.0 Å². The smallest absolute Gasteiger partial charge is 0.305 e. The fraction of sp³-hybridized carbons (Fsp3) is 0.0714. The van der Waals surface area contributed by atoms with E-state index < -0.39 is 0 Å². The van der Waals surface area contributed by atoms with E-state index >= 15 is 0 Å². The molecule has 0 unspecified atom stereocenters. The lowest BCUT2D eigenvalue weighted by atomic mass is 10.2. The van der Waals surface area contributed by atoms with Crippen molar-refractivity contribution >= 4 is 28.1 Å². The van der Waals surface area contributed by atoms with Crippen LogP contribution in [0.15, 0.2) is 64.4 Å². The molecule has 4 nitrogen and oxygen atoms in total. The van der Waals surface area contributed by atoms with Gasteiger partial charge in [0.1, 0.15) is 0 Å². The number of pyridine rings is 1. The lowest BCUT2D eigenvalue weighted by Crippen LogP contribution is -3.00. The van der Waals surface area contributed by atoms with Gasteiger partial charge in [0.05, 0.1) is 6.21 Å². The minimum Gasteiger partial charge on any atom is -1.00 e. The standard InChI is InChI=1S/C14H12BrN3O.ClH/c15-13-7-3-2-6-12(13)10-16-17-14(19)11-18-8-4-1-5-9-18;/h1-10H,11H2;1H/b16-10+;. The molecule has 0 radical (unpaired) electrons. The molecule has 104 valence electrons. The second kappa shape index (κ2) is 8.45. The molecule has 1 aromatic carbocycles. The molecule has 1 amide bonds. The van der Waals surface area contributed by atoms with Gasteiger partial charge in [-0.3, -0.25) is 4.79 Å². The summed E-state index contributed by atoms with van der Waals surface area (Å²) in [5, 5.41) is 3.93. The van der Waals surface area contributed by atoms with Gasteiger partial charge in [0.25, 0.3) is 0 Å². The molecule has 0 bridgehead atoms. The highest BCUT2D eigenvalue weighted by Crippen LogP contribution is 2.13. The minimum atomic E-state index is -0.167. The molecule has 0 aliphatic rings. The number of halogens is 2. The van der Waals surface area contributed by atoms with E-state index in [9.17, 15) is 4.79 Å². The Morgan fingerprint density at radius 3 is 2.60 bits per heavy atom. The first-order chi connectivity index (χ1) is 9.25. The minimum absolute atomic E-state index is 0. The maximum absolute atomic E-state index is 11.6. The van der Waals surface area contributed by atoms with E-state index in [1.807, 2.05) is 54.9 Å². The van der Waals surface area contributed by atoms with E-state index in [2.05, 4.69) is 26.5 Å². The Kier molecular flexibility index (Phi) is 6.90. The number of hydrogen-bond acceptors (Lipinski definition) is 2. The van der Waals surface area contributed by atoms with Gasteiger partial charge in [-0.15, -0.1) is 0 Å². The van der Waals surface area contributed by atoms with Crippen LogP contribution in [-0.2, 0) is 11.3 Å². The Hall–Kier alpha value is -1.72. The Labute approximate surface area is 132 Å². The van der Waals surface area contributed by atoms with Crippen LogP contribution in [0.25, 0.3) is 0 Å². The summed E-state index contributed by atoms with van der Waals surface area (Å²) in [5.74, 6) is -0.167. The summed E-state index contributed by atoms with van der Waals surface area (Å²) in [6.07, 6.45) is 5.27. The third-order valence-electron chi connectivity index (χ3n) is 2.40. The molecule has 2 aromatic rings. The Morgan fingerprint density at radius 2 is 1.90 bits per heavy atom. The number of hydrogen-bond donors (Lipinski definition) is 1. The van der Waals surface area contributed by atoms with Crippen LogP contribution in [0.1, 0.15) is 5.56 Å². The van der Waals surface area contributed by atoms with Gasteiger partial charge in [0.2, 0.25) is 6.54 Å². The molecule has 1 heterocycles. The van der Waals surface area contributed by atoms with Crippen LogP contribution in [0.4, 0.5) is 0 Å². The van der Waals surface area contributed by atoms with Crippen LogP contribution >= 0.6 is 15.9 Å². The number of carbonyl (C=O) groups excluding carboxylic acids is 1. The van der Waals surface area contributed by atoms with Crippen LogP contribution in [0.3, 0.4) is 0 Å². The first-order valence-corrected chi connectivity index (χ1v) is 6.55. The molecule has 0 aliphatic heterocycles. The summed E-state index contributed by atoms with van der Waals surface area (Å²) in [5.41, 5.74) is 3.41. The first-order valence-electron chi connectivity index (χ1n) is 5.76. The molecular weight excluding hydrogens is 342 g/mol. The van der Waals surface area contributed by atoms with Crippen LogP contribution in [-0.4, -0.2) is 12.1 Å². The van der Waals surface area contributed by atoms with E-state index in [0.29, 0.717) is 0 Å². The van der Waals surface area contributed by atoms with Crippen molar-refractivity contribution in [2.75, 3.05) is 0 Å². The van der Waals surface area contributed by atoms with Crippen molar-refractivity contribution in [2.24, 2.45) is 5.10 Å². The highest BCUT2D eigenvalue weighted by Gasteiger charge is 2.06. The molecular formula is C14H13BrClN3O. The maximum Gasteiger partial charge on any atom is 0.305 e. The van der Waals surface area contributed by atoms with Gasteiger partial charge >= 0.3 is 5.91 Å². The van der Waals surface area contributed by atoms with Crippen molar-refractivity contribution in [1.82, 2.24) is 5.43 Å². The average molecular weight is 355 g/mol. The topological polar surface area (TPSA) is 45.3 Å². The Bertz CT molecular complexity index is 590. The lowest BCUT2D eigenvalue weighted by molar-refractivity contribution is -0.684. The largest absolute Gasteiger partial charge is 1.00 e. The van der Waals surface area contributed by atoms with E-state index in [-0.39, 0.29) is 24.9 Å². The fourth-order valence-electron chi connectivity index (χ4n) is 1.49. The predicted molar refractivity (Wildman–Crippen MR) is 76.5 cm³/mol.